The van der Waals surface area contributed by atoms with E-state index in [0.717, 1.165) is 16.5 Å². The monoisotopic (exact) mass is 264 g/mol. The first-order valence-electron chi connectivity index (χ1n) is 5.66. The largest absolute Gasteiger partial charge is 0.388 e. The molecule has 2 rings (SSSR count). The molecule has 3 N–H and O–H groups in total. The van der Waals surface area contributed by atoms with Crippen molar-refractivity contribution >= 4 is 11.8 Å². The van der Waals surface area contributed by atoms with Gasteiger partial charge in [0.1, 0.15) is 5.82 Å². The molecule has 0 bridgehead atoms. The standard InChI is InChI=1S/C12H16N4OS/c1-16-11(7-13)14-15-12(16)18-8-10(17)9-5-3-2-4-6-9/h2-6,10,17H,7-8,13H2,1H3. The van der Waals surface area contributed by atoms with Crippen LogP contribution < -0.4 is 5.73 Å². The molecule has 0 saturated carbocycles. The van der Waals surface area contributed by atoms with E-state index in [-0.39, 0.29) is 0 Å². The molecule has 6 heteroatoms. The van der Waals surface area contributed by atoms with Crippen LogP contribution in [0.15, 0.2) is 35.5 Å². The molecule has 5 nitrogen and oxygen atoms in total. The van der Waals surface area contributed by atoms with E-state index in [1.807, 2.05) is 41.9 Å². The Balaban J connectivity index is 1.97. The maximum absolute atomic E-state index is 10.0. The second kappa shape index (κ2) is 5.99. The number of nitrogens with two attached hydrogens (primary N) is 1. The van der Waals surface area contributed by atoms with Crippen molar-refractivity contribution in [1.29, 1.82) is 0 Å². The third-order valence-corrected chi connectivity index (χ3v) is 3.76. The quantitative estimate of drug-likeness (QED) is 0.791. The molecular formula is C12H16N4OS. The zero-order chi connectivity index (χ0) is 13.0. The summed E-state index contributed by atoms with van der Waals surface area (Å²) in [5.74, 6) is 1.28. The molecule has 1 aromatic carbocycles. The summed E-state index contributed by atoms with van der Waals surface area (Å²) in [6, 6.07) is 9.58. The maximum Gasteiger partial charge on any atom is 0.191 e. The lowest BCUT2D eigenvalue weighted by molar-refractivity contribution is 0.204. The first-order valence-corrected chi connectivity index (χ1v) is 6.65. The Morgan fingerprint density at radius 2 is 2.06 bits per heavy atom. The third kappa shape index (κ3) is 2.90. The fraction of sp³-hybridized carbons (Fsp3) is 0.333. The van der Waals surface area contributed by atoms with Crippen molar-refractivity contribution in [1.82, 2.24) is 14.8 Å². The van der Waals surface area contributed by atoms with Crippen LogP contribution in [0.2, 0.25) is 0 Å². The van der Waals surface area contributed by atoms with Crippen molar-refractivity contribution in [3.8, 4) is 0 Å². The average Bonchev–Trinajstić information content (AvgIpc) is 2.77. The second-order valence-corrected chi connectivity index (χ2v) is 4.89. The van der Waals surface area contributed by atoms with Crippen molar-refractivity contribution < 1.29 is 5.11 Å². The lowest BCUT2D eigenvalue weighted by Gasteiger charge is -2.09. The molecule has 1 atom stereocenters. The van der Waals surface area contributed by atoms with Crippen LogP contribution in [0, 0.1) is 0 Å². The Morgan fingerprint density at radius 1 is 1.33 bits per heavy atom. The van der Waals surface area contributed by atoms with Gasteiger partial charge in [-0.25, -0.2) is 0 Å². The molecule has 1 aromatic heterocycles. The number of nitrogens with zero attached hydrogens (tertiary/aromatic N) is 3. The van der Waals surface area contributed by atoms with E-state index in [2.05, 4.69) is 10.2 Å². The highest BCUT2D eigenvalue weighted by Gasteiger charge is 2.12. The fourth-order valence-corrected chi connectivity index (χ4v) is 2.47. The summed E-state index contributed by atoms with van der Waals surface area (Å²) in [6.45, 7) is 0.366. The van der Waals surface area contributed by atoms with E-state index < -0.39 is 6.10 Å². The summed E-state index contributed by atoms with van der Waals surface area (Å²) in [5.41, 5.74) is 6.44. The van der Waals surface area contributed by atoms with Crippen LogP contribution in [-0.4, -0.2) is 25.6 Å². The Morgan fingerprint density at radius 3 is 2.67 bits per heavy atom. The van der Waals surface area contributed by atoms with E-state index in [0.29, 0.717) is 12.3 Å². The van der Waals surface area contributed by atoms with Gasteiger partial charge in [-0.3, -0.25) is 0 Å². The minimum atomic E-state index is -0.505. The Hall–Kier alpha value is -1.37. The zero-order valence-electron chi connectivity index (χ0n) is 10.2. The van der Waals surface area contributed by atoms with Crippen LogP contribution in [0.25, 0.3) is 0 Å². The van der Waals surface area contributed by atoms with Crippen LogP contribution in [0.1, 0.15) is 17.5 Å². The van der Waals surface area contributed by atoms with E-state index >= 15 is 0 Å². The van der Waals surface area contributed by atoms with Crippen molar-refractivity contribution in [2.75, 3.05) is 5.75 Å². The number of thioether (sulfide) groups is 1. The molecule has 1 heterocycles. The smallest absolute Gasteiger partial charge is 0.191 e. The first kappa shape index (κ1) is 13.1. The highest BCUT2D eigenvalue weighted by atomic mass is 32.2. The highest BCUT2D eigenvalue weighted by molar-refractivity contribution is 7.99. The lowest BCUT2D eigenvalue weighted by atomic mass is 10.1. The normalized spacial score (nSPS) is 12.6. The van der Waals surface area contributed by atoms with Gasteiger partial charge in [0, 0.05) is 12.8 Å². The molecule has 0 aliphatic carbocycles. The number of aromatic nitrogens is 3. The van der Waals surface area contributed by atoms with E-state index in [4.69, 9.17) is 5.73 Å². The summed E-state index contributed by atoms with van der Waals surface area (Å²) < 4.78 is 1.85. The van der Waals surface area contributed by atoms with Gasteiger partial charge in [-0.2, -0.15) is 0 Å². The summed E-state index contributed by atoms with van der Waals surface area (Å²) >= 11 is 1.47. The molecular weight excluding hydrogens is 248 g/mol. The van der Waals surface area contributed by atoms with Crippen molar-refractivity contribution in [2.45, 2.75) is 17.8 Å². The van der Waals surface area contributed by atoms with Crippen LogP contribution in [0.5, 0.6) is 0 Å². The molecule has 0 fully saturated rings. The predicted octanol–water partition coefficient (Wildman–Crippen LogP) is 1.10. The average molecular weight is 264 g/mol. The van der Waals surface area contributed by atoms with Gasteiger partial charge < -0.3 is 15.4 Å². The van der Waals surface area contributed by atoms with Crippen molar-refractivity contribution in [3.63, 3.8) is 0 Å². The van der Waals surface area contributed by atoms with Gasteiger partial charge in [0.15, 0.2) is 5.16 Å². The van der Waals surface area contributed by atoms with E-state index in [9.17, 15) is 5.11 Å². The van der Waals surface area contributed by atoms with E-state index in [1.165, 1.54) is 11.8 Å². The van der Waals surface area contributed by atoms with Gasteiger partial charge in [-0.15, -0.1) is 10.2 Å². The minimum Gasteiger partial charge on any atom is -0.388 e. The van der Waals surface area contributed by atoms with Gasteiger partial charge in [0.2, 0.25) is 0 Å². The number of benzene rings is 1. The Labute approximate surface area is 110 Å². The topological polar surface area (TPSA) is 77.0 Å². The maximum atomic E-state index is 10.0. The molecule has 0 aliphatic heterocycles. The number of rotatable bonds is 5. The van der Waals surface area contributed by atoms with Gasteiger partial charge in [-0.1, -0.05) is 42.1 Å². The molecule has 1 unspecified atom stereocenters. The molecule has 96 valence electrons. The van der Waals surface area contributed by atoms with Gasteiger partial charge in [0.05, 0.1) is 12.6 Å². The minimum absolute atomic E-state index is 0.366. The molecule has 0 amide bonds. The van der Waals surface area contributed by atoms with Crippen LogP contribution in [0.4, 0.5) is 0 Å². The van der Waals surface area contributed by atoms with Crippen molar-refractivity contribution in [2.24, 2.45) is 12.8 Å². The number of hydrogen-bond acceptors (Lipinski definition) is 5. The van der Waals surface area contributed by atoms with Gasteiger partial charge >= 0.3 is 0 Å². The molecule has 0 spiro atoms. The van der Waals surface area contributed by atoms with Gasteiger partial charge in [0.25, 0.3) is 0 Å². The van der Waals surface area contributed by atoms with Crippen LogP contribution in [-0.2, 0) is 13.6 Å². The lowest BCUT2D eigenvalue weighted by Crippen LogP contribution is -2.06. The summed E-state index contributed by atoms with van der Waals surface area (Å²) in [4.78, 5) is 0. The fourth-order valence-electron chi connectivity index (χ4n) is 1.57. The highest BCUT2D eigenvalue weighted by Crippen LogP contribution is 2.23. The predicted molar refractivity (Wildman–Crippen MR) is 71.0 cm³/mol. The van der Waals surface area contributed by atoms with E-state index in [1.54, 1.807) is 0 Å². The Bertz CT molecular complexity index is 500. The van der Waals surface area contributed by atoms with Crippen molar-refractivity contribution in [3.05, 3.63) is 41.7 Å². The molecule has 18 heavy (non-hydrogen) atoms. The van der Waals surface area contributed by atoms with Crippen LogP contribution >= 0.6 is 11.8 Å². The first-order chi connectivity index (χ1) is 8.72. The number of hydrogen-bond donors (Lipinski definition) is 2. The number of aliphatic hydroxyl groups excluding tert-OH is 1. The summed E-state index contributed by atoms with van der Waals surface area (Å²) in [5, 5.41) is 18.8. The second-order valence-electron chi connectivity index (χ2n) is 3.90. The summed E-state index contributed by atoms with van der Waals surface area (Å²) in [7, 11) is 1.87. The SMILES string of the molecule is Cn1c(CN)nnc1SCC(O)c1ccccc1. The molecule has 0 aliphatic rings. The van der Waals surface area contributed by atoms with Gasteiger partial charge in [-0.05, 0) is 5.56 Å². The Kier molecular flexibility index (Phi) is 4.35. The zero-order valence-corrected chi connectivity index (χ0v) is 11.0. The van der Waals surface area contributed by atoms with Crippen LogP contribution in [0.3, 0.4) is 0 Å². The molecule has 0 saturated heterocycles. The molecule has 2 aromatic rings. The number of aliphatic hydroxyl groups is 1. The molecule has 0 radical (unpaired) electrons. The third-order valence-electron chi connectivity index (χ3n) is 2.66. The summed E-state index contributed by atoms with van der Waals surface area (Å²) in [6.07, 6.45) is -0.505.